The van der Waals surface area contributed by atoms with Crippen LogP contribution in [0.1, 0.15) is 50.4 Å². The maximum Gasteiger partial charge on any atom is 0.140 e. The van der Waals surface area contributed by atoms with Gasteiger partial charge in [-0.1, -0.05) is 44.5 Å². The Bertz CT molecular complexity index is 1130. The number of halogens is 1. The van der Waals surface area contributed by atoms with E-state index in [1.807, 2.05) is 37.5 Å². The average Bonchev–Trinajstić information content (AvgIpc) is 2.84. The van der Waals surface area contributed by atoms with Crippen LogP contribution >= 0.6 is 11.6 Å². The molecule has 2 aromatic heterocycles. The third kappa shape index (κ3) is 5.90. The number of rotatable bonds is 8. The van der Waals surface area contributed by atoms with Crippen molar-refractivity contribution >= 4 is 23.0 Å². The molecule has 0 bridgehead atoms. The summed E-state index contributed by atoms with van der Waals surface area (Å²) in [5.41, 5.74) is 8.25. The molecule has 0 spiro atoms. The van der Waals surface area contributed by atoms with Crippen molar-refractivity contribution < 1.29 is 4.74 Å². The Morgan fingerprint density at radius 2 is 1.83 bits per heavy atom. The summed E-state index contributed by atoms with van der Waals surface area (Å²) in [6, 6.07) is 9.95. The number of aromatic nitrogens is 2. The zero-order chi connectivity index (χ0) is 25.0. The Labute approximate surface area is 214 Å². The smallest absolute Gasteiger partial charge is 0.140 e. The molecule has 5 nitrogen and oxygen atoms in total. The number of aryl methyl sites for hydroxylation is 2. The van der Waals surface area contributed by atoms with E-state index in [1.165, 1.54) is 24.1 Å². The van der Waals surface area contributed by atoms with Crippen molar-refractivity contribution in [2.75, 3.05) is 36.5 Å². The molecule has 1 saturated heterocycles. The first-order valence-corrected chi connectivity index (χ1v) is 13.0. The van der Waals surface area contributed by atoms with Crippen molar-refractivity contribution in [3.63, 3.8) is 0 Å². The first-order chi connectivity index (χ1) is 16.8. The van der Waals surface area contributed by atoms with Crippen LogP contribution in [0.5, 0.6) is 5.75 Å². The Hall–Kier alpha value is -2.79. The fourth-order valence-electron chi connectivity index (χ4n) is 4.75. The van der Waals surface area contributed by atoms with E-state index in [0.717, 1.165) is 53.5 Å². The van der Waals surface area contributed by atoms with Gasteiger partial charge in [-0.3, -0.25) is 9.97 Å². The number of hydrogen-bond acceptors (Lipinski definition) is 5. The topological polar surface area (TPSA) is 50.3 Å². The Kier molecular flexibility index (Phi) is 7.85. The van der Waals surface area contributed by atoms with E-state index in [4.69, 9.17) is 26.3 Å². The van der Waals surface area contributed by atoms with Gasteiger partial charge < -0.3 is 15.0 Å². The summed E-state index contributed by atoms with van der Waals surface area (Å²) in [6.45, 7) is 14.4. The number of anilines is 2. The highest BCUT2D eigenvalue weighted by Gasteiger charge is 2.28. The number of ether oxygens (including phenoxy) is 1. The largest absolute Gasteiger partial charge is 0.490 e. The highest BCUT2D eigenvalue weighted by molar-refractivity contribution is 6.32. The van der Waals surface area contributed by atoms with Gasteiger partial charge in [0.1, 0.15) is 12.4 Å². The molecule has 1 aromatic carbocycles. The molecule has 0 atom stereocenters. The molecule has 4 rings (SSSR count). The van der Waals surface area contributed by atoms with Crippen molar-refractivity contribution in [2.45, 2.75) is 53.9 Å². The van der Waals surface area contributed by atoms with Crippen LogP contribution in [0.15, 0.2) is 42.7 Å². The van der Waals surface area contributed by atoms with E-state index in [9.17, 15) is 0 Å². The molecule has 3 heterocycles. The number of para-hydroxylation sites is 1. The molecule has 186 valence electrons. The van der Waals surface area contributed by atoms with Crippen LogP contribution in [0.25, 0.3) is 11.3 Å². The minimum absolute atomic E-state index is 0.408. The maximum absolute atomic E-state index is 6.25. The summed E-state index contributed by atoms with van der Waals surface area (Å²) in [5.74, 6) is 0.747. The summed E-state index contributed by atoms with van der Waals surface area (Å²) in [7, 11) is 0. The fourth-order valence-corrected chi connectivity index (χ4v) is 5.02. The Morgan fingerprint density at radius 1 is 1.06 bits per heavy atom. The van der Waals surface area contributed by atoms with Crippen molar-refractivity contribution in [1.29, 1.82) is 0 Å². The summed E-state index contributed by atoms with van der Waals surface area (Å²) >= 11 is 6.25. The van der Waals surface area contributed by atoms with Gasteiger partial charge in [0.25, 0.3) is 0 Å². The van der Waals surface area contributed by atoms with E-state index in [2.05, 4.69) is 50.0 Å². The Morgan fingerprint density at radius 3 is 2.49 bits per heavy atom. The predicted molar refractivity (Wildman–Crippen MR) is 147 cm³/mol. The highest BCUT2D eigenvalue weighted by atomic mass is 35.5. The lowest BCUT2D eigenvalue weighted by Crippen LogP contribution is -2.38. The van der Waals surface area contributed by atoms with E-state index < -0.39 is 0 Å². The molecule has 3 aromatic rings. The molecular weight excluding hydrogens is 456 g/mol. The van der Waals surface area contributed by atoms with Gasteiger partial charge >= 0.3 is 0 Å². The second-order valence-corrected chi connectivity index (χ2v) is 10.6. The van der Waals surface area contributed by atoms with Gasteiger partial charge in [0.05, 0.1) is 28.3 Å². The minimum atomic E-state index is 0.408. The van der Waals surface area contributed by atoms with Crippen LogP contribution in [0, 0.1) is 19.3 Å². The van der Waals surface area contributed by atoms with Crippen LogP contribution in [-0.4, -0.2) is 36.2 Å². The van der Waals surface area contributed by atoms with Gasteiger partial charge in [0.2, 0.25) is 0 Å². The van der Waals surface area contributed by atoms with E-state index in [0.29, 0.717) is 23.6 Å². The molecule has 1 aliphatic rings. The van der Waals surface area contributed by atoms with Gasteiger partial charge in [-0.05, 0) is 67.9 Å². The molecule has 0 amide bonds. The standard InChI is InChI=1S/C29H37ClN4O/c1-6-23-21(3)32-19-24(27(23)34-15-12-29(4,5)13-16-34)26-11-10-22(18-33-26)31-14-17-35-28-20(2)8-7-9-25(28)30/h7-11,18-19,31H,6,12-17H2,1-5H3. The molecule has 0 unspecified atom stereocenters. The third-order valence-corrected chi connectivity index (χ3v) is 7.33. The lowest BCUT2D eigenvalue weighted by molar-refractivity contribution is 0.279. The van der Waals surface area contributed by atoms with Gasteiger partial charge in [-0.15, -0.1) is 0 Å². The lowest BCUT2D eigenvalue weighted by atomic mass is 9.82. The number of benzene rings is 1. The number of piperidine rings is 1. The maximum atomic E-state index is 6.25. The zero-order valence-electron chi connectivity index (χ0n) is 21.6. The van der Waals surface area contributed by atoms with E-state index >= 15 is 0 Å². The quantitative estimate of drug-likeness (QED) is 0.340. The first kappa shape index (κ1) is 25.3. The number of pyridine rings is 2. The van der Waals surface area contributed by atoms with Crippen molar-refractivity contribution in [2.24, 2.45) is 5.41 Å². The van der Waals surface area contributed by atoms with Crippen LogP contribution in [0.2, 0.25) is 5.02 Å². The van der Waals surface area contributed by atoms with Gasteiger partial charge in [0.15, 0.2) is 0 Å². The second-order valence-electron chi connectivity index (χ2n) is 10.2. The van der Waals surface area contributed by atoms with Gasteiger partial charge in [0, 0.05) is 37.1 Å². The number of nitrogens with zero attached hydrogens (tertiary/aromatic N) is 3. The molecule has 0 aliphatic carbocycles. The van der Waals surface area contributed by atoms with E-state index in [-0.39, 0.29) is 0 Å². The number of nitrogens with one attached hydrogen (secondary N) is 1. The zero-order valence-corrected chi connectivity index (χ0v) is 22.4. The molecule has 35 heavy (non-hydrogen) atoms. The van der Waals surface area contributed by atoms with Gasteiger partial charge in [-0.25, -0.2) is 0 Å². The molecule has 1 N–H and O–H groups in total. The first-order valence-electron chi connectivity index (χ1n) is 12.6. The molecule has 1 aliphatic heterocycles. The molecular formula is C29H37ClN4O. The SMILES string of the molecule is CCc1c(C)ncc(-c2ccc(NCCOc3c(C)cccc3Cl)cn2)c1N1CCC(C)(C)CC1. The van der Waals surface area contributed by atoms with Crippen molar-refractivity contribution in [3.05, 3.63) is 64.6 Å². The van der Waals surface area contributed by atoms with Crippen LogP contribution < -0.4 is 15.0 Å². The fraction of sp³-hybridized carbons (Fsp3) is 0.448. The lowest BCUT2D eigenvalue weighted by Gasteiger charge is -2.40. The molecule has 0 saturated carbocycles. The van der Waals surface area contributed by atoms with Crippen molar-refractivity contribution in [1.82, 2.24) is 9.97 Å². The number of hydrogen-bond donors (Lipinski definition) is 1. The monoisotopic (exact) mass is 492 g/mol. The Balaban J connectivity index is 1.47. The van der Waals surface area contributed by atoms with Crippen molar-refractivity contribution in [3.8, 4) is 17.0 Å². The normalized spacial score (nSPS) is 15.2. The molecule has 0 radical (unpaired) electrons. The van der Waals surface area contributed by atoms with Crippen LogP contribution in [0.4, 0.5) is 11.4 Å². The van der Waals surface area contributed by atoms with E-state index in [1.54, 1.807) is 0 Å². The van der Waals surface area contributed by atoms with Gasteiger partial charge in [-0.2, -0.15) is 0 Å². The predicted octanol–water partition coefficient (Wildman–Crippen LogP) is 7.09. The van der Waals surface area contributed by atoms with Crippen LogP contribution in [0.3, 0.4) is 0 Å². The molecule has 1 fully saturated rings. The highest BCUT2D eigenvalue weighted by Crippen LogP contribution is 2.39. The summed E-state index contributed by atoms with van der Waals surface area (Å²) in [4.78, 5) is 12.1. The second kappa shape index (κ2) is 10.9. The third-order valence-electron chi connectivity index (χ3n) is 7.03. The summed E-state index contributed by atoms with van der Waals surface area (Å²) in [5, 5.41) is 4.04. The summed E-state index contributed by atoms with van der Waals surface area (Å²) in [6.07, 6.45) is 7.25. The summed E-state index contributed by atoms with van der Waals surface area (Å²) < 4.78 is 5.89. The van der Waals surface area contributed by atoms with Crippen LogP contribution in [-0.2, 0) is 6.42 Å². The average molecular weight is 493 g/mol. The minimum Gasteiger partial charge on any atom is -0.490 e. The molecule has 6 heteroatoms.